The molecule has 2 heterocycles. The number of benzene rings is 2. The van der Waals surface area contributed by atoms with Crippen LogP contribution in [0.3, 0.4) is 0 Å². The lowest BCUT2D eigenvalue weighted by molar-refractivity contribution is 0.343. The minimum atomic E-state index is 0.243. The first-order valence-electron chi connectivity index (χ1n) is 9.11. The Morgan fingerprint density at radius 3 is 2.19 bits per heavy atom. The third kappa shape index (κ3) is 3.88. The summed E-state index contributed by atoms with van der Waals surface area (Å²) in [6.07, 6.45) is 1.73. The van der Waals surface area contributed by atoms with Gasteiger partial charge in [0.25, 0.3) is 0 Å². The number of aromatic nitrogens is 3. The van der Waals surface area contributed by atoms with Crippen molar-refractivity contribution in [3.63, 3.8) is 0 Å². The van der Waals surface area contributed by atoms with Crippen LogP contribution in [0.2, 0.25) is 0 Å². The number of hydrogen-bond acceptors (Lipinski definition) is 8. The van der Waals surface area contributed by atoms with Crippen LogP contribution in [0.4, 0.5) is 11.6 Å². The Hall–Kier alpha value is -4.76. The molecule has 0 unspecified atom stereocenters. The second kappa shape index (κ2) is 8.31. The molecule has 0 saturated carbocycles. The van der Waals surface area contributed by atoms with E-state index < -0.39 is 0 Å². The molecule has 152 valence electrons. The van der Waals surface area contributed by atoms with E-state index in [1.807, 2.05) is 0 Å². The van der Waals surface area contributed by atoms with E-state index in [2.05, 4.69) is 32.4 Å². The fourth-order valence-electron chi connectivity index (χ4n) is 2.95. The Morgan fingerprint density at radius 2 is 1.58 bits per heavy atom. The molecule has 9 heteroatoms. The number of fused-ring (bicyclic) bond motifs is 1. The minimum Gasteiger partial charge on any atom is -0.493 e. The summed E-state index contributed by atoms with van der Waals surface area (Å²) in [5.74, 6) is 1.49. The summed E-state index contributed by atoms with van der Waals surface area (Å²) < 4.78 is 16.9. The van der Waals surface area contributed by atoms with Crippen LogP contribution in [0.5, 0.6) is 23.1 Å². The molecule has 31 heavy (non-hydrogen) atoms. The normalized spacial score (nSPS) is 10.2. The van der Waals surface area contributed by atoms with Crippen molar-refractivity contribution in [3.8, 4) is 35.3 Å². The van der Waals surface area contributed by atoms with Gasteiger partial charge >= 0.3 is 0 Å². The van der Waals surface area contributed by atoms with Crippen molar-refractivity contribution < 1.29 is 14.2 Å². The summed E-state index contributed by atoms with van der Waals surface area (Å²) in [7, 11) is 2.95. The van der Waals surface area contributed by atoms with Gasteiger partial charge in [0, 0.05) is 24.0 Å². The first kappa shape index (κ1) is 19.6. The van der Waals surface area contributed by atoms with Crippen LogP contribution in [0, 0.1) is 22.7 Å². The molecule has 0 saturated heterocycles. The first-order valence-corrected chi connectivity index (χ1v) is 9.11. The van der Waals surface area contributed by atoms with Crippen molar-refractivity contribution in [2.24, 2.45) is 0 Å². The highest BCUT2D eigenvalue weighted by Crippen LogP contribution is 2.42. The monoisotopic (exact) mass is 412 g/mol. The standard InChI is InChI=1S/C22H16N6O3/c1-29-17-9-14(12-24)10-18(30-2)20(17)31-21-19-16(7-8-25-19)27-22(28-21)26-15-5-3-13(11-23)4-6-15/h3-10,25H,1-2H3,(H,26,27,28). The molecule has 4 rings (SSSR count). The predicted molar refractivity (Wildman–Crippen MR) is 113 cm³/mol. The van der Waals surface area contributed by atoms with Crippen molar-refractivity contribution >= 4 is 22.7 Å². The molecule has 0 spiro atoms. The average Bonchev–Trinajstić information content (AvgIpc) is 3.28. The number of anilines is 2. The van der Waals surface area contributed by atoms with Crippen LogP contribution < -0.4 is 19.5 Å². The van der Waals surface area contributed by atoms with Gasteiger partial charge in [-0.25, -0.2) is 4.98 Å². The van der Waals surface area contributed by atoms with E-state index in [1.54, 1.807) is 48.7 Å². The molecule has 0 bridgehead atoms. The van der Waals surface area contributed by atoms with Crippen LogP contribution >= 0.6 is 0 Å². The smallest absolute Gasteiger partial charge is 0.249 e. The van der Waals surface area contributed by atoms with E-state index in [1.165, 1.54) is 14.2 Å². The molecule has 2 aromatic heterocycles. The van der Waals surface area contributed by atoms with Crippen molar-refractivity contribution in [2.45, 2.75) is 0 Å². The van der Waals surface area contributed by atoms with Crippen LogP contribution in [0.15, 0.2) is 48.7 Å². The van der Waals surface area contributed by atoms with Gasteiger partial charge < -0.3 is 24.5 Å². The molecular weight excluding hydrogens is 396 g/mol. The number of rotatable bonds is 6. The maximum atomic E-state index is 9.23. The van der Waals surface area contributed by atoms with Crippen LogP contribution in [0.1, 0.15) is 11.1 Å². The fraction of sp³-hybridized carbons (Fsp3) is 0.0909. The third-order valence-electron chi connectivity index (χ3n) is 4.43. The first-order chi connectivity index (χ1) is 15.1. The summed E-state index contributed by atoms with van der Waals surface area (Å²) in [5, 5.41) is 21.3. The molecule has 0 atom stereocenters. The van der Waals surface area contributed by atoms with E-state index in [9.17, 15) is 5.26 Å². The minimum absolute atomic E-state index is 0.243. The summed E-state index contributed by atoms with van der Waals surface area (Å²) in [4.78, 5) is 12.0. The van der Waals surface area contributed by atoms with Gasteiger partial charge in [0.1, 0.15) is 5.52 Å². The molecule has 0 fully saturated rings. The van der Waals surface area contributed by atoms with E-state index in [4.69, 9.17) is 19.5 Å². The number of nitrogens with zero attached hydrogens (tertiary/aromatic N) is 4. The van der Waals surface area contributed by atoms with E-state index in [0.29, 0.717) is 45.3 Å². The molecule has 4 aromatic rings. The molecule has 0 amide bonds. The average molecular weight is 412 g/mol. The van der Waals surface area contributed by atoms with Gasteiger partial charge in [-0.05, 0) is 30.3 Å². The SMILES string of the molecule is COc1cc(C#N)cc(OC)c1Oc1nc(Nc2ccc(C#N)cc2)nc2cc[nH]c12. The molecule has 9 nitrogen and oxygen atoms in total. The number of nitriles is 2. The van der Waals surface area contributed by atoms with Crippen LogP contribution in [0.25, 0.3) is 11.0 Å². The number of methoxy groups -OCH3 is 2. The van der Waals surface area contributed by atoms with Crippen molar-refractivity contribution in [2.75, 3.05) is 19.5 Å². The second-order valence-electron chi connectivity index (χ2n) is 6.33. The predicted octanol–water partition coefficient (Wildman–Crippen LogP) is 4.25. The molecule has 2 N–H and O–H groups in total. The lowest BCUT2D eigenvalue weighted by Gasteiger charge is -2.15. The Morgan fingerprint density at radius 1 is 0.903 bits per heavy atom. The van der Waals surface area contributed by atoms with Gasteiger partial charge in [-0.3, -0.25) is 0 Å². The van der Waals surface area contributed by atoms with Gasteiger partial charge in [-0.1, -0.05) is 0 Å². The summed E-state index contributed by atoms with van der Waals surface area (Å²) in [5.41, 5.74) is 2.86. The van der Waals surface area contributed by atoms with Gasteiger partial charge in [-0.2, -0.15) is 15.5 Å². The number of H-pyrrole nitrogens is 1. The summed E-state index contributed by atoms with van der Waals surface area (Å²) >= 11 is 0. The van der Waals surface area contributed by atoms with Crippen molar-refractivity contribution in [1.82, 2.24) is 15.0 Å². The highest BCUT2D eigenvalue weighted by Gasteiger charge is 2.19. The van der Waals surface area contributed by atoms with E-state index in [0.717, 1.165) is 0 Å². The van der Waals surface area contributed by atoms with Gasteiger partial charge in [0.2, 0.25) is 17.6 Å². The largest absolute Gasteiger partial charge is 0.493 e. The summed E-state index contributed by atoms with van der Waals surface area (Å²) in [6.45, 7) is 0. The number of aromatic amines is 1. The quantitative estimate of drug-likeness (QED) is 0.481. The van der Waals surface area contributed by atoms with Gasteiger partial charge in [0.05, 0.1) is 43.0 Å². The zero-order chi connectivity index (χ0) is 21.8. The Bertz CT molecular complexity index is 1310. The molecule has 0 aliphatic heterocycles. The Balaban J connectivity index is 1.75. The van der Waals surface area contributed by atoms with Crippen LogP contribution in [-0.2, 0) is 0 Å². The highest BCUT2D eigenvalue weighted by atomic mass is 16.5. The fourth-order valence-corrected chi connectivity index (χ4v) is 2.95. The van der Waals surface area contributed by atoms with Gasteiger partial charge in [-0.15, -0.1) is 0 Å². The molecule has 0 radical (unpaired) electrons. The number of nitrogens with one attached hydrogen (secondary N) is 2. The van der Waals surface area contributed by atoms with Crippen molar-refractivity contribution in [3.05, 3.63) is 59.8 Å². The maximum Gasteiger partial charge on any atom is 0.249 e. The lowest BCUT2D eigenvalue weighted by Crippen LogP contribution is -2.01. The lowest BCUT2D eigenvalue weighted by atomic mass is 10.2. The third-order valence-corrected chi connectivity index (χ3v) is 4.43. The van der Waals surface area contributed by atoms with Crippen molar-refractivity contribution in [1.29, 1.82) is 10.5 Å². The maximum absolute atomic E-state index is 9.23. The second-order valence-corrected chi connectivity index (χ2v) is 6.33. The molecular formula is C22H16N6O3. The topological polar surface area (TPSA) is 129 Å². The molecule has 0 aliphatic carbocycles. The Labute approximate surface area is 177 Å². The van der Waals surface area contributed by atoms with E-state index >= 15 is 0 Å². The molecule has 0 aliphatic rings. The van der Waals surface area contributed by atoms with Gasteiger partial charge in [0.15, 0.2) is 11.5 Å². The highest BCUT2D eigenvalue weighted by molar-refractivity contribution is 5.82. The Kier molecular flexibility index (Phi) is 5.24. The zero-order valence-electron chi connectivity index (χ0n) is 16.6. The summed E-state index contributed by atoms with van der Waals surface area (Å²) in [6, 6.07) is 16.0. The zero-order valence-corrected chi connectivity index (χ0v) is 16.6. The number of hydrogen-bond donors (Lipinski definition) is 2. The molecule has 2 aromatic carbocycles. The van der Waals surface area contributed by atoms with E-state index in [-0.39, 0.29) is 11.6 Å². The number of ether oxygens (including phenoxy) is 3. The van der Waals surface area contributed by atoms with Crippen LogP contribution in [-0.4, -0.2) is 29.2 Å².